The van der Waals surface area contributed by atoms with Crippen LogP contribution in [-0.2, 0) is 0 Å². The maximum absolute atomic E-state index is 3.50. The SMILES string of the molecule is CNC(CSCC(C)C)C1=CCCCCCC1. The zero-order valence-corrected chi connectivity index (χ0v) is 12.6. The van der Waals surface area contributed by atoms with E-state index in [1.54, 1.807) is 5.57 Å². The Morgan fingerprint density at radius 1 is 1.18 bits per heavy atom. The lowest BCUT2D eigenvalue weighted by Crippen LogP contribution is -2.30. The molecule has 0 heterocycles. The van der Waals surface area contributed by atoms with Gasteiger partial charge in [-0.05, 0) is 44.4 Å². The Morgan fingerprint density at radius 2 is 1.94 bits per heavy atom. The smallest absolute Gasteiger partial charge is 0.0368 e. The molecule has 2 heteroatoms. The van der Waals surface area contributed by atoms with Gasteiger partial charge in [-0.25, -0.2) is 0 Å². The summed E-state index contributed by atoms with van der Waals surface area (Å²) in [5.41, 5.74) is 1.67. The molecule has 0 fully saturated rings. The molecule has 0 saturated carbocycles. The minimum Gasteiger partial charge on any atom is -0.313 e. The van der Waals surface area contributed by atoms with Gasteiger partial charge in [0.15, 0.2) is 0 Å². The third-order valence-electron chi connectivity index (χ3n) is 3.36. The highest BCUT2D eigenvalue weighted by molar-refractivity contribution is 7.99. The molecule has 0 saturated heterocycles. The van der Waals surface area contributed by atoms with Gasteiger partial charge in [-0.3, -0.25) is 0 Å². The van der Waals surface area contributed by atoms with Crippen molar-refractivity contribution in [3.05, 3.63) is 11.6 Å². The maximum Gasteiger partial charge on any atom is 0.0368 e. The molecule has 1 N–H and O–H groups in total. The predicted molar refractivity (Wildman–Crippen MR) is 80.8 cm³/mol. The monoisotopic (exact) mass is 255 g/mol. The molecule has 0 aromatic carbocycles. The first-order valence-corrected chi connectivity index (χ1v) is 8.33. The molecule has 0 aromatic heterocycles. The average molecular weight is 255 g/mol. The molecular formula is C15H29NS. The lowest BCUT2D eigenvalue weighted by molar-refractivity contribution is 0.583. The highest BCUT2D eigenvalue weighted by Gasteiger charge is 2.13. The van der Waals surface area contributed by atoms with E-state index < -0.39 is 0 Å². The van der Waals surface area contributed by atoms with E-state index in [1.165, 1.54) is 50.0 Å². The zero-order valence-electron chi connectivity index (χ0n) is 11.8. The highest BCUT2D eigenvalue weighted by atomic mass is 32.2. The van der Waals surface area contributed by atoms with Crippen LogP contribution in [0, 0.1) is 5.92 Å². The first-order valence-electron chi connectivity index (χ1n) is 7.18. The lowest BCUT2D eigenvalue weighted by atomic mass is 9.96. The largest absolute Gasteiger partial charge is 0.313 e. The first-order chi connectivity index (χ1) is 8.24. The van der Waals surface area contributed by atoms with Crippen molar-refractivity contribution in [1.82, 2.24) is 5.32 Å². The van der Waals surface area contributed by atoms with E-state index in [0.717, 1.165) is 5.92 Å². The zero-order chi connectivity index (χ0) is 12.5. The van der Waals surface area contributed by atoms with E-state index in [4.69, 9.17) is 0 Å². The van der Waals surface area contributed by atoms with Crippen molar-refractivity contribution < 1.29 is 0 Å². The van der Waals surface area contributed by atoms with Gasteiger partial charge in [0.05, 0.1) is 0 Å². The maximum atomic E-state index is 3.50. The first kappa shape index (κ1) is 15.1. The van der Waals surface area contributed by atoms with Gasteiger partial charge in [0.2, 0.25) is 0 Å². The van der Waals surface area contributed by atoms with Crippen LogP contribution in [0.15, 0.2) is 11.6 Å². The summed E-state index contributed by atoms with van der Waals surface area (Å²) >= 11 is 2.10. The van der Waals surface area contributed by atoms with Gasteiger partial charge in [0.1, 0.15) is 0 Å². The second-order valence-corrected chi connectivity index (χ2v) is 6.58. The van der Waals surface area contributed by atoms with E-state index in [-0.39, 0.29) is 0 Å². The molecule has 17 heavy (non-hydrogen) atoms. The van der Waals surface area contributed by atoms with Gasteiger partial charge in [-0.15, -0.1) is 0 Å². The van der Waals surface area contributed by atoms with Crippen molar-refractivity contribution in [2.45, 2.75) is 58.4 Å². The molecule has 100 valence electrons. The number of hydrogen-bond donors (Lipinski definition) is 1. The summed E-state index contributed by atoms with van der Waals surface area (Å²) in [6.45, 7) is 4.60. The quantitative estimate of drug-likeness (QED) is 0.712. The van der Waals surface area contributed by atoms with Gasteiger partial charge in [-0.2, -0.15) is 11.8 Å². The Balaban J connectivity index is 2.40. The van der Waals surface area contributed by atoms with Crippen molar-refractivity contribution in [3.8, 4) is 0 Å². The van der Waals surface area contributed by atoms with Crippen molar-refractivity contribution in [1.29, 1.82) is 0 Å². The normalized spacial score (nSPS) is 19.6. The summed E-state index contributed by atoms with van der Waals surface area (Å²) in [5.74, 6) is 3.33. The number of allylic oxidation sites excluding steroid dienone is 1. The Hall–Kier alpha value is 0.0500. The van der Waals surface area contributed by atoms with E-state index in [9.17, 15) is 0 Å². The van der Waals surface area contributed by atoms with Crippen molar-refractivity contribution >= 4 is 11.8 Å². The molecule has 1 atom stereocenters. The van der Waals surface area contributed by atoms with Crippen LogP contribution in [0.3, 0.4) is 0 Å². The minimum atomic E-state index is 0.608. The summed E-state index contributed by atoms with van der Waals surface area (Å²) in [5, 5.41) is 3.50. The molecule has 0 aliphatic heterocycles. The Bertz CT molecular complexity index is 223. The second kappa shape index (κ2) is 9.04. The molecule has 1 unspecified atom stereocenters. The Labute approximate surface area is 112 Å². The fourth-order valence-corrected chi connectivity index (χ4v) is 3.55. The number of nitrogens with one attached hydrogen (secondary N) is 1. The van der Waals surface area contributed by atoms with Crippen LogP contribution in [-0.4, -0.2) is 24.6 Å². The number of thioether (sulfide) groups is 1. The molecule has 0 bridgehead atoms. The van der Waals surface area contributed by atoms with Gasteiger partial charge in [0.25, 0.3) is 0 Å². The van der Waals surface area contributed by atoms with Gasteiger partial charge in [0, 0.05) is 11.8 Å². The Kier molecular flexibility index (Phi) is 8.04. The van der Waals surface area contributed by atoms with E-state index in [0.29, 0.717) is 6.04 Å². The van der Waals surface area contributed by atoms with Gasteiger partial charge in [-0.1, -0.05) is 38.3 Å². The fraction of sp³-hybridized carbons (Fsp3) is 0.867. The molecule has 0 amide bonds. The molecular weight excluding hydrogens is 226 g/mol. The van der Waals surface area contributed by atoms with Crippen LogP contribution in [0.5, 0.6) is 0 Å². The summed E-state index contributed by atoms with van der Waals surface area (Å²) in [6, 6.07) is 0.608. The molecule has 1 nitrogen and oxygen atoms in total. The highest BCUT2D eigenvalue weighted by Crippen LogP contribution is 2.22. The predicted octanol–water partition coefficient (Wildman–Crippen LogP) is 4.24. The number of rotatable bonds is 6. The van der Waals surface area contributed by atoms with Crippen LogP contribution in [0.4, 0.5) is 0 Å². The minimum absolute atomic E-state index is 0.608. The van der Waals surface area contributed by atoms with E-state index in [1.807, 2.05) is 0 Å². The van der Waals surface area contributed by atoms with Crippen molar-refractivity contribution in [3.63, 3.8) is 0 Å². The third-order valence-corrected chi connectivity index (χ3v) is 4.83. The van der Waals surface area contributed by atoms with E-state index >= 15 is 0 Å². The molecule has 1 aliphatic rings. The molecule has 1 aliphatic carbocycles. The molecule has 1 rings (SSSR count). The summed E-state index contributed by atoms with van der Waals surface area (Å²) in [4.78, 5) is 0. The fourth-order valence-electron chi connectivity index (χ4n) is 2.33. The van der Waals surface area contributed by atoms with Gasteiger partial charge < -0.3 is 5.32 Å². The Morgan fingerprint density at radius 3 is 2.65 bits per heavy atom. The number of likely N-dealkylation sites (N-methyl/N-ethyl adjacent to an activating group) is 1. The summed E-state index contributed by atoms with van der Waals surface area (Å²) < 4.78 is 0. The molecule has 0 radical (unpaired) electrons. The number of hydrogen-bond acceptors (Lipinski definition) is 2. The molecule has 0 aromatic rings. The van der Waals surface area contributed by atoms with E-state index in [2.05, 4.69) is 44.0 Å². The molecule has 0 spiro atoms. The lowest BCUT2D eigenvalue weighted by Gasteiger charge is -2.22. The van der Waals surface area contributed by atoms with Crippen LogP contribution in [0.2, 0.25) is 0 Å². The van der Waals surface area contributed by atoms with Crippen LogP contribution >= 0.6 is 11.8 Å². The van der Waals surface area contributed by atoms with Crippen LogP contribution < -0.4 is 5.32 Å². The second-order valence-electron chi connectivity index (χ2n) is 5.50. The standard InChI is InChI=1S/C15H29NS/c1-13(2)11-17-12-15(16-3)14-9-7-5-4-6-8-10-14/h9,13,15-16H,4-8,10-12H2,1-3H3. The van der Waals surface area contributed by atoms with Crippen molar-refractivity contribution in [2.75, 3.05) is 18.6 Å². The average Bonchev–Trinajstić information content (AvgIpc) is 2.25. The van der Waals surface area contributed by atoms with Crippen LogP contribution in [0.1, 0.15) is 52.4 Å². The third kappa shape index (κ3) is 6.52. The van der Waals surface area contributed by atoms with Crippen LogP contribution in [0.25, 0.3) is 0 Å². The van der Waals surface area contributed by atoms with Gasteiger partial charge >= 0.3 is 0 Å². The summed E-state index contributed by atoms with van der Waals surface area (Å²) in [7, 11) is 2.11. The topological polar surface area (TPSA) is 12.0 Å². The summed E-state index contributed by atoms with van der Waals surface area (Å²) in [6.07, 6.45) is 10.7. The van der Waals surface area contributed by atoms with Crippen molar-refractivity contribution in [2.24, 2.45) is 5.92 Å².